The molecular weight excluding hydrogens is 224 g/mol. The van der Waals surface area contributed by atoms with E-state index in [1.165, 1.54) is 0 Å². The summed E-state index contributed by atoms with van der Waals surface area (Å²) in [7, 11) is 1.66. The van der Waals surface area contributed by atoms with Gasteiger partial charge in [0.25, 0.3) is 0 Å². The molecule has 1 rings (SSSR count). The van der Waals surface area contributed by atoms with Crippen LogP contribution in [0.25, 0.3) is 0 Å². The average molecular weight is 244 g/mol. The lowest BCUT2D eigenvalue weighted by atomic mass is 10.2. The minimum absolute atomic E-state index is 0.832. The summed E-state index contributed by atoms with van der Waals surface area (Å²) in [6, 6.07) is 7.82. The summed E-state index contributed by atoms with van der Waals surface area (Å²) in [5.74, 6) is 0.832. The lowest BCUT2D eigenvalue weighted by Crippen LogP contribution is -2.07. The maximum absolute atomic E-state index is 5.19. The number of aliphatic imine (C=N–C) groups is 1. The van der Waals surface area contributed by atoms with E-state index in [2.05, 4.69) is 10.3 Å². The highest BCUT2D eigenvalue weighted by Gasteiger charge is 2.01. The van der Waals surface area contributed by atoms with Crippen LogP contribution in [-0.4, -0.2) is 12.8 Å². The molecule has 0 amide bonds. The van der Waals surface area contributed by atoms with Gasteiger partial charge in [-0.1, -0.05) is 18.2 Å². The number of allylic oxidation sites excluding steroid dienone is 3. The lowest BCUT2D eigenvalue weighted by Gasteiger charge is -2.11. The molecule has 0 fully saturated rings. The highest BCUT2D eigenvalue weighted by molar-refractivity contribution is 6.01. The molecule has 0 aliphatic carbocycles. The van der Waals surface area contributed by atoms with E-state index in [1.54, 1.807) is 13.3 Å². The summed E-state index contributed by atoms with van der Waals surface area (Å²) >= 11 is 0. The SMILES string of the molecule is C\C=C/N=C(C)\C(=C/C)Nc1cccc(OC)c1. The monoisotopic (exact) mass is 244 g/mol. The van der Waals surface area contributed by atoms with Crippen molar-refractivity contribution in [1.82, 2.24) is 0 Å². The summed E-state index contributed by atoms with van der Waals surface area (Å²) in [5.41, 5.74) is 2.91. The van der Waals surface area contributed by atoms with E-state index in [1.807, 2.05) is 57.2 Å². The van der Waals surface area contributed by atoms with Crippen LogP contribution in [0.3, 0.4) is 0 Å². The highest BCUT2D eigenvalue weighted by Crippen LogP contribution is 2.18. The fraction of sp³-hybridized carbons (Fsp3) is 0.267. The van der Waals surface area contributed by atoms with Crippen LogP contribution in [0.2, 0.25) is 0 Å². The topological polar surface area (TPSA) is 33.6 Å². The number of hydrogen-bond acceptors (Lipinski definition) is 3. The minimum Gasteiger partial charge on any atom is -0.497 e. The Kier molecular flexibility index (Phi) is 5.71. The van der Waals surface area contributed by atoms with Gasteiger partial charge in [-0.3, -0.25) is 4.99 Å². The van der Waals surface area contributed by atoms with Crippen molar-refractivity contribution in [3.8, 4) is 5.75 Å². The van der Waals surface area contributed by atoms with Crippen molar-refractivity contribution in [2.24, 2.45) is 4.99 Å². The molecule has 0 aromatic heterocycles. The molecule has 1 aromatic carbocycles. The Morgan fingerprint density at radius 2 is 2.11 bits per heavy atom. The van der Waals surface area contributed by atoms with Gasteiger partial charge < -0.3 is 10.1 Å². The van der Waals surface area contributed by atoms with Gasteiger partial charge in [0.15, 0.2) is 0 Å². The summed E-state index contributed by atoms with van der Waals surface area (Å²) in [6.45, 7) is 5.90. The maximum Gasteiger partial charge on any atom is 0.120 e. The normalized spacial score (nSPS) is 12.9. The van der Waals surface area contributed by atoms with Crippen LogP contribution in [0.15, 0.2) is 53.3 Å². The fourth-order valence-corrected chi connectivity index (χ4v) is 1.48. The van der Waals surface area contributed by atoms with Gasteiger partial charge in [-0.15, -0.1) is 0 Å². The standard InChI is InChI=1S/C15H20N2O/c1-5-10-16-12(3)15(6-2)17-13-8-7-9-14(11-13)18-4/h5-11,17H,1-4H3/b10-5-,15-6+,16-12-. The van der Waals surface area contributed by atoms with E-state index in [-0.39, 0.29) is 0 Å². The van der Waals surface area contributed by atoms with Gasteiger partial charge >= 0.3 is 0 Å². The first-order valence-corrected chi connectivity index (χ1v) is 5.94. The van der Waals surface area contributed by atoms with Crippen LogP contribution < -0.4 is 10.1 Å². The third-order valence-corrected chi connectivity index (χ3v) is 2.44. The van der Waals surface area contributed by atoms with Crippen LogP contribution in [0, 0.1) is 0 Å². The Hall–Kier alpha value is -2.03. The van der Waals surface area contributed by atoms with Gasteiger partial charge in [0.1, 0.15) is 5.75 Å². The zero-order chi connectivity index (χ0) is 13.4. The predicted octanol–water partition coefficient (Wildman–Crippen LogP) is 4.01. The highest BCUT2D eigenvalue weighted by atomic mass is 16.5. The molecule has 1 N–H and O–H groups in total. The molecule has 0 aliphatic rings. The number of benzene rings is 1. The van der Waals surface area contributed by atoms with Crippen LogP contribution in [0.5, 0.6) is 5.75 Å². The van der Waals surface area contributed by atoms with E-state index in [0.717, 1.165) is 22.8 Å². The maximum atomic E-state index is 5.19. The molecule has 0 radical (unpaired) electrons. The van der Waals surface area contributed by atoms with Crippen molar-refractivity contribution in [3.63, 3.8) is 0 Å². The molecule has 96 valence electrons. The number of nitrogens with zero attached hydrogens (tertiary/aromatic N) is 1. The van der Waals surface area contributed by atoms with E-state index < -0.39 is 0 Å². The van der Waals surface area contributed by atoms with Crippen LogP contribution in [0.1, 0.15) is 20.8 Å². The molecule has 0 aliphatic heterocycles. The lowest BCUT2D eigenvalue weighted by molar-refractivity contribution is 0.415. The van der Waals surface area contributed by atoms with E-state index in [4.69, 9.17) is 4.74 Å². The van der Waals surface area contributed by atoms with Crippen molar-refractivity contribution >= 4 is 11.4 Å². The second kappa shape index (κ2) is 7.33. The molecule has 0 heterocycles. The zero-order valence-electron chi connectivity index (χ0n) is 11.4. The molecule has 3 nitrogen and oxygen atoms in total. The van der Waals surface area contributed by atoms with Gasteiger partial charge in [-0.25, -0.2) is 0 Å². The third kappa shape index (κ3) is 4.09. The molecule has 0 spiro atoms. The van der Waals surface area contributed by atoms with Crippen molar-refractivity contribution in [3.05, 3.63) is 48.3 Å². The second-order valence-electron chi connectivity index (χ2n) is 3.76. The molecule has 1 aromatic rings. The number of hydrogen-bond donors (Lipinski definition) is 1. The molecule has 0 saturated carbocycles. The Bertz CT molecular complexity index is 473. The predicted molar refractivity (Wildman–Crippen MR) is 78.3 cm³/mol. The van der Waals surface area contributed by atoms with E-state index in [0.29, 0.717) is 0 Å². The van der Waals surface area contributed by atoms with Crippen molar-refractivity contribution in [2.75, 3.05) is 12.4 Å². The first-order chi connectivity index (χ1) is 8.71. The largest absolute Gasteiger partial charge is 0.497 e. The smallest absolute Gasteiger partial charge is 0.120 e. The first kappa shape index (κ1) is 14.0. The van der Waals surface area contributed by atoms with Gasteiger partial charge in [0.2, 0.25) is 0 Å². The summed E-state index contributed by atoms with van der Waals surface area (Å²) in [6.07, 6.45) is 5.69. The molecular formula is C15H20N2O. The van der Waals surface area contributed by atoms with Crippen LogP contribution >= 0.6 is 0 Å². The molecule has 0 bridgehead atoms. The fourth-order valence-electron chi connectivity index (χ4n) is 1.48. The number of anilines is 1. The second-order valence-corrected chi connectivity index (χ2v) is 3.76. The van der Waals surface area contributed by atoms with E-state index in [9.17, 15) is 0 Å². The number of rotatable bonds is 5. The molecule has 0 unspecified atom stereocenters. The summed E-state index contributed by atoms with van der Waals surface area (Å²) in [5, 5.41) is 3.33. The van der Waals surface area contributed by atoms with Gasteiger partial charge in [0.05, 0.1) is 18.5 Å². The van der Waals surface area contributed by atoms with E-state index >= 15 is 0 Å². The molecule has 0 saturated heterocycles. The van der Waals surface area contributed by atoms with Gasteiger partial charge in [-0.2, -0.15) is 0 Å². The van der Waals surface area contributed by atoms with Gasteiger partial charge in [-0.05, 0) is 32.9 Å². The summed E-state index contributed by atoms with van der Waals surface area (Å²) < 4.78 is 5.19. The number of nitrogens with one attached hydrogen (secondary N) is 1. The summed E-state index contributed by atoms with van der Waals surface area (Å²) in [4.78, 5) is 4.33. The minimum atomic E-state index is 0.832. The Balaban J connectivity index is 2.86. The van der Waals surface area contributed by atoms with Crippen LogP contribution in [-0.2, 0) is 0 Å². The molecule has 18 heavy (non-hydrogen) atoms. The quantitative estimate of drug-likeness (QED) is 0.794. The Labute approximate surface area is 109 Å². The molecule has 0 atom stereocenters. The average Bonchev–Trinajstić information content (AvgIpc) is 2.42. The first-order valence-electron chi connectivity index (χ1n) is 5.94. The van der Waals surface area contributed by atoms with Crippen molar-refractivity contribution < 1.29 is 4.74 Å². The molecule has 3 heteroatoms. The van der Waals surface area contributed by atoms with Crippen molar-refractivity contribution in [2.45, 2.75) is 20.8 Å². The third-order valence-electron chi connectivity index (χ3n) is 2.44. The van der Waals surface area contributed by atoms with Crippen LogP contribution in [0.4, 0.5) is 5.69 Å². The Morgan fingerprint density at radius 3 is 2.72 bits per heavy atom. The number of ether oxygens (including phenoxy) is 1. The van der Waals surface area contributed by atoms with Gasteiger partial charge in [0, 0.05) is 18.0 Å². The Morgan fingerprint density at radius 1 is 1.33 bits per heavy atom. The zero-order valence-corrected chi connectivity index (χ0v) is 11.4. The number of methoxy groups -OCH3 is 1. The van der Waals surface area contributed by atoms with Crippen molar-refractivity contribution in [1.29, 1.82) is 0 Å².